The molecule has 3 heterocycles. The maximum atomic E-state index is 15.1. The highest BCUT2D eigenvalue weighted by Crippen LogP contribution is 2.48. The fraction of sp³-hybridized carbons (Fsp3) is 0.614. The molecule has 0 radical (unpaired) electrons. The second-order valence-electron chi connectivity index (χ2n) is 17.9. The van der Waals surface area contributed by atoms with Crippen LogP contribution in [0, 0.1) is 17.3 Å². The monoisotopic (exact) mass is 844 g/mol. The van der Waals surface area contributed by atoms with Gasteiger partial charge in [0.05, 0.1) is 30.6 Å². The predicted octanol–water partition coefficient (Wildman–Crippen LogP) is 3.70. The zero-order chi connectivity index (χ0) is 43.2. The summed E-state index contributed by atoms with van der Waals surface area (Å²) in [6, 6.07) is 4.38. The summed E-state index contributed by atoms with van der Waals surface area (Å²) < 4.78 is 0. The molecule has 16 heteroatoms. The molecule has 2 saturated carbocycles. The molecule has 1 aromatic carbocycles. The van der Waals surface area contributed by atoms with Gasteiger partial charge in [0.1, 0.15) is 28.7 Å². The van der Waals surface area contributed by atoms with Crippen molar-refractivity contribution in [3.05, 3.63) is 60.2 Å². The van der Waals surface area contributed by atoms with Crippen molar-refractivity contribution < 1.29 is 33.6 Å². The van der Waals surface area contributed by atoms with E-state index in [2.05, 4.69) is 31.2 Å². The van der Waals surface area contributed by atoms with Crippen LogP contribution in [0.2, 0.25) is 0 Å². The Bertz CT molecular complexity index is 1900. The molecule has 2 aliphatic heterocycles. The van der Waals surface area contributed by atoms with Gasteiger partial charge in [-0.25, -0.2) is 4.98 Å². The van der Waals surface area contributed by atoms with E-state index >= 15 is 4.79 Å². The Morgan fingerprint density at radius 1 is 0.933 bits per heavy atom. The van der Waals surface area contributed by atoms with Crippen LogP contribution in [-0.4, -0.2) is 109 Å². The Hall–Kier alpha value is -4.86. The number of likely N-dealkylation sites (tertiary alicyclic amines) is 1. The molecule has 4 fully saturated rings. The number of nitrogens with zero attached hydrogens (tertiary/aromatic N) is 4. The van der Waals surface area contributed by atoms with E-state index in [1.54, 1.807) is 6.92 Å². The second-order valence-corrected chi connectivity index (χ2v) is 19.3. The SMILES string of the molecule is CCCC(NC(=O)C1CC2(CN1C(=O)[C@@H](NC(=O)[C@@H](NC(=O)c1cnccn1)C1CCCCC1)C(C)(C)C)SCC(=O)N2CC1CC1)C(=O)C(=O)N[C@@H](C)c1ccccc1. The van der Waals surface area contributed by atoms with E-state index in [4.69, 9.17) is 0 Å². The first kappa shape index (κ1) is 44.7. The normalized spacial score (nSPS) is 22.8. The maximum absolute atomic E-state index is 15.1. The number of carbonyl (C=O) groups excluding carboxylic acids is 7. The quantitative estimate of drug-likeness (QED) is 0.181. The minimum atomic E-state index is -1.16. The number of hydrogen-bond donors (Lipinski definition) is 4. The first-order valence-electron chi connectivity index (χ1n) is 21.4. The minimum absolute atomic E-state index is 0.0342. The Balaban J connectivity index is 1.27. The van der Waals surface area contributed by atoms with Crippen molar-refractivity contribution in [2.24, 2.45) is 17.3 Å². The summed E-state index contributed by atoms with van der Waals surface area (Å²) in [6.45, 7) is 9.64. The number of nitrogens with one attached hydrogen (secondary N) is 4. The van der Waals surface area contributed by atoms with Gasteiger partial charge in [0.25, 0.3) is 11.8 Å². The highest BCUT2D eigenvalue weighted by atomic mass is 32.2. The molecule has 4 N–H and O–H groups in total. The van der Waals surface area contributed by atoms with Gasteiger partial charge in [-0.15, -0.1) is 11.8 Å². The van der Waals surface area contributed by atoms with E-state index in [0.717, 1.165) is 37.7 Å². The summed E-state index contributed by atoms with van der Waals surface area (Å²) in [5.74, 6) is -3.52. The van der Waals surface area contributed by atoms with Crippen molar-refractivity contribution in [2.45, 2.75) is 134 Å². The Morgan fingerprint density at radius 2 is 1.65 bits per heavy atom. The topological polar surface area (TPSA) is 200 Å². The van der Waals surface area contributed by atoms with Crippen LogP contribution >= 0.6 is 11.8 Å². The van der Waals surface area contributed by atoms with Crippen LogP contribution < -0.4 is 21.3 Å². The molecule has 6 atom stereocenters. The van der Waals surface area contributed by atoms with Gasteiger partial charge in [0, 0.05) is 25.4 Å². The number of hydrogen-bond acceptors (Lipinski definition) is 10. The molecule has 1 aromatic heterocycles. The van der Waals surface area contributed by atoms with Gasteiger partial charge in [0.15, 0.2) is 0 Å². The molecular formula is C44H60N8O7S. The second kappa shape index (κ2) is 19.2. The minimum Gasteiger partial charge on any atom is -0.344 e. The number of thioether (sulfide) groups is 1. The Kier molecular flexibility index (Phi) is 14.3. The standard InChI is InChI=1S/C44H60N8O7S/c1-6-13-31(36(54)41(58)47-27(2)29-14-9-7-10-15-29)48-39(56)33-22-44(52(24-28-18-19-28)34(53)25-60-44)26-51(33)42(59)37(43(3,4)5)50-40(57)35(30-16-11-8-12-17-30)49-38(55)32-23-45-20-21-46-32/h7,9-10,14-15,20-21,23,27-28,30-31,33,35,37H,6,8,11-13,16-19,22,24-26H2,1-5H3,(H,47,58)(H,48,56)(H,49,55)(H,50,57)/t27-,31?,33?,35-,37+,44?/m0/s1. The van der Waals surface area contributed by atoms with E-state index in [1.807, 2.05) is 62.9 Å². The third-order valence-corrected chi connectivity index (χ3v) is 13.7. The molecule has 1 spiro atoms. The average Bonchev–Trinajstić information content (AvgIpc) is 3.92. The fourth-order valence-electron chi connectivity index (χ4n) is 8.64. The molecule has 324 valence electrons. The molecular weight excluding hydrogens is 785 g/mol. The zero-order valence-electron chi connectivity index (χ0n) is 35.4. The summed E-state index contributed by atoms with van der Waals surface area (Å²) in [6.07, 6.45) is 11.2. The van der Waals surface area contributed by atoms with E-state index in [1.165, 1.54) is 35.3 Å². The first-order valence-corrected chi connectivity index (χ1v) is 22.4. The molecule has 6 amide bonds. The summed E-state index contributed by atoms with van der Waals surface area (Å²) in [5, 5.41) is 11.5. The van der Waals surface area contributed by atoms with Gasteiger partial charge in [-0.2, -0.15) is 0 Å². The third kappa shape index (κ3) is 10.5. The van der Waals surface area contributed by atoms with Crippen molar-refractivity contribution in [3.8, 4) is 0 Å². The maximum Gasteiger partial charge on any atom is 0.290 e. The van der Waals surface area contributed by atoms with Crippen LogP contribution in [0.5, 0.6) is 0 Å². The van der Waals surface area contributed by atoms with Crippen LogP contribution in [-0.2, 0) is 28.8 Å². The Morgan fingerprint density at radius 3 is 2.28 bits per heavy atom. The van der Waals surface area contributed by atoms with Crippen LogP contribution in [0.1, 0.15) is 121 Å². The number of carbonyl (C=O) groups is 7. The summed E-state index contributed by atoms with van der Waals surface area (Å²) in [7, 11) is 0. The average molecular weight is 845 g/mol. The highest BCUT2D eigenvalue weighted by molar-refractivity contribution is 8.01. The molecule has 4 aliphatic rings. The van der Waals surface area contributed by atoms with Crippen LogP contribution in [0.3, 0.4) is 0 Å². The van der Waals surface area contributed by atoms with Crippen molar-refractivity contribution in [2.75, 3.05) is 18.8 Å². The van der Waals surface area contributed by atoms with E-state index in [9.17, 15) is 28.8 Å². The van der Waals surface area contributed by atoms with Gasteiger partial charge in [0.2, 0.25) is 29.4 Å². The molecule has 2 aliphatic carbocycles. The van der Waals surface area contributed by atoms with Crippen molar-refractivity contribution in [1.82, 2.24) is 41.0 Å². The number of amides is 6. The smallest absolute Gasteiger partial charge is 0.290 e. The van der Waals surface area contributed by atoms with Gasteiger partial charge in [-0.1, -0.05) is 83.7 Å². The van der Waals surface area contributed by atoms with E-state index in [-0.39, 0.29) is 42.7 Å². The van der Waals surface area contributed by atoms with Gasteiger partial charge in [-0.05, 0) is 61.8 Å². The molecule has 2 aromatic rings. The molecule has 60 heavy (non-hydrogen) atoms. The lowest BCUT2D eigenvalue weighted by molar-refractivity contribution is -0.145. The number of aromatic nitrogens is 2. The van der Waals surface area contributed by atoms with Gasteiger partial charge >= 0.3 is 0 Å². The third-order valence-electron chi connectivity index (χ3n) is 12.3. The number of Topliss-reactive ketones (excluding diaryl/α,β-unsaturated/α-hetero) is 1. The number of benzene rings is 1. The zero-order valence-corrected chi connectivity index (χ0v) is 36.2. The van der Waals surface area contributed by atoms with E-state index < -0.39 is 75.8 Å². The van der Waals surface area contributed by atoms with Crippen LogP contribution in [0.25, 0.3) is 0 Å². The molecule has 6 rings (SSSR count). The molecule has 15 nitrogen and oxygen atoms in total. The summed E-state index contributed by atoms with van der Waals surface area (Å²) in [4.78, 5) is 109. The predicted molar refractivity (Wildman–Crippen MR) is 226 cm³/mol. The van der Waals surface area contributed by atoms with Crippen LogP contribution in [0.15, 0.2) is 48.9 Å². The lowest BCUT2D eigenvalue weighted by Crippen LogP contribution is -2.62. The fourth-order valence-corrected chi connectivity index (χ4v) is 10.0. The number of ketones is 1. The lowest BCUT2D eigenvalue weighted by atomic mass is 9.82. The lowest BCUT2D eigenvalue weighted by Gasteiger charge is -2.38. The van der Waals surface area contributed by atoms with Gasteiger partial charge in [-0.3, -0.25) is 38.5 Å². The Labute approximate surface area is 356 Å². The van der Waals surface area contributed by atoms with E-state index in [0.29, 0.717) is 31.7 Å². The first-order chi connectivity index (χ1) is 28.6. The van der Waals surface area contributed by atoms with Crippen LogP contribution in [0.4, 0.5) is 0 Å². The largest absolute Gasteiger partial charge is 0.344 e. The number of rotatable bonds is 16. The van der Waals surface area contributed by atoms with Crippen molar-refractivity contribution in [3.63, 3.8) is 0 Å². The van der Waals surface area contributed by atoms with Crippen molar-refractivity contribution in [1.29, 1.82) is 0 Å². The summed E-state index contributed by atoms with van der Waals surface area (Å²) >= 11 is 1.41. The highest BCUT2D eigenvalue weighted by Gasteiger charge is 2.58. The van der Waals surface area contributed by atoms with Gasteiger partial charge < -0.3 is 31.1 Å². The molecule has 3 unspecified atom stereocenters. The molecule has 2 saturated heterocycles. The van der Waals surface area contributed by atoms with Crippen molar-refractivity contribution >= 4 is 53.0 Å². The molecule has 0 bridgehead atoms. The summed E-state index contributed by atoms with van der Waals surface area (Å²) in [5.41, 5.74) is 0.0157.